The molecule has 1 aromatic heterocycles. The zero-order valence-corrected chi connectivity index (χ0v) is 15.0. The summed E-state index contributed by atoms with van der Waals surface area (Å²) in [5, 5.41) is 2.91. The van der Waals surface area contributed by atoms with E-state index in [0.717, 1.165) is 31.7 Å². The maximum absolute atomic E-state index is 12.8. The van der Waals surface area contributed by atoms with Gasteiger partial charge in [-0.25, -0.2) is 0 Å². The predicted octanol–water partition coefficient (Wildman–Crippen LogP) is 1.42. The number of nitrogens with one attached hydrogen (secondary N) is 1. The molecule has 25 heavy (non-hydrogen) atoms. The molecule has 136 valence electrons. The molecule has 6 nitrogen and oxygen atoms in total. The zero-order chi connectivity index (χ0) is 17.6. The molecule has 1 aliphatic carbocycles. The average molecular weight is 344 g/mol. The van der Waals surface area contributed by atoms with Crippen LogP contribution >= 0.6 is 0 Å². The minimum absolute atomic E-state index is 0.0431. The van der Waals surface area contributed by atoms with Gasteiger partial charge in [0.15, 0.2) is 0 Å². The highest BCUT2D eigenvalue weighted by Crippen LogP contribution is 2.30. The van der Waals surface area contributed by atoms with Crippen LogP contribution in [0.3, 0.4) is 0 Å². The van der Waals surface area contributed by atoms with Gasteiger partial charge >= 0.3 is 0 Å². The quantitative estimate of drug-likeness (QED) is 0.775. The third-order valence-corrected chi connectivity index (χ3v) is 4.92. The van der Waals surface area contributed by atoms with Gasteiger partial charge in [0.25, 0.3) is 0 Å². The van der Waals surface area contributed by atoms with Crippen LogP contribution in [0.4, 0.5) is 0 Å². The van der Waals surface area contributed by atoms with Crippen molar-refractivity contribution in [2.75, 3.05) is 26.2 Å². The minimum Gasteiger partial charge on any atom is -0.353 e. The van der Waals surface area contributed by atoms with E-state index in [-0.39, 0.29) is 18.2 Å². The number of hydrogen-bond donors (Lipinski definition) is 1. The highest BCUT2D eigenvalue weighted by atomic mass is 16.2. The van der Waals surface area contributed by atoms with Crippen LogP contribution in [-0.4, -0.2) is 58.8 Å². The fourth-order valence-electron chi connectivity index (χ4n) is 3.37. The Kier molecular flexibility index (Phi) is 6.02. The molecule has 0 bridgehead atoms. The van der Waals surface area contributed by atoms with Crippen molar-refractivity contribution in [3.8, 4) is 0 Å². The van der Waals surface area contributed by atoms with Crippen LogP contribution in [-0.2, 0) is 16.1 Å². The van der Waals surface area contributed by atoms with Gasteiger partial charge in [-0.15, -0.1) is 0 Å². The molecular formula is C19H28N4O2. The van der Waals surface area contributed by atoms with Gasteiger partial charge in [0, 0.05) is 38.9 Å². The summed E-state index contributed by atoms with van der Waals surface area (Å²) in [5.74, 6) is 0.723. The van der Waals surface area contributed by atoms with E-state index in [9.17, 15) is 9.59 Å². The van der Waals surface area contributed by atoms with E-state index in [1.807, 2.05) is 23.1 Å². The van der Waals surface area contributed by atoms with Gasteiger partial charge < -0.3 is 10.2 Å². The Labute approximate surface area is 149 Å². The summed E-state index contributed by atoms with van der Waals surface area (Å²) in [5.41, 5.74) is 0.929. The lowest BCUT2D eigenvalue weighted by molar-refractivity contribution is -0.139. The second-order valence-corrected chi connectivity index (χ2v) is 7.09. The first kappa shape index (κ1) is 17.9. The molecule has 2 fully saturated rings. The molecule has 1 atom stereocenters. The lowest BCUT2D eigenvalue weighted by atomic mass is 10.1. The summed E-state index contributed by atoms with van der Waals surface area (Å²) < 4.78 is 0. The molecule has 2 amide bonds. The van der Waals surface area contributed by atoms with Crippen LogP contribution < -0.4 is 5.32 Å². The Balaban J connectivity index is 1.65. The number of hydrogen-bond acceptors (Lipinski definition) is 4. The zero-order valence-electron chi connectivity index (χ0n) is 15.0. The molecular weight excluding hydrogens is 316 g/mol. The molecule has 0 aromatic carbocycles. The summed E-state index contributed by atoms with van der Waals surface area (Å²) in [6.45, 7) is 5.69. The Morgan fingerprint density at radius 2 is 2.24 bits per heavy atom. The van der Waals surface area contributed by atoms with E-state index >= 15 is 0 Å². The van der Waals surface area contributed by atoms with Crippen molar-refractivity contribution in [2.24, 2.45) is 5.92 Å². The van der Waals surface area contributed by atoms with E-state index in [2.05, 4.69) is 22.1 Å². The summed E-state index contributed by atoms with van der Waals surface area (Å²) in [7, 11) is 0. The summed E-state index contributed by atoms with van der Waals surface area (Å²) in [6.07, 6.45) is 5.42. The molecule has 1 saturated heterocycles. The molecule has 1 unspecified atom stereocenters. The van der Waals surface area contributed by atoms with E-state index in [4.69, 9.17) is 0 Å². The Morgan fingerprint density at radius 3 is 2.92 bits per heavy atom. The molecule has 3 rings (SSSR count). The maximum atomic E-state index is 12.8. The van der Waals surface area contributed by atoms with Crippen molar-refractivity contribution in [3.63, 3.8) is 0 Å². The maximum Gasteiger partial charge on any atom is 0.237 e. The fourth-order valence-corrected chi connectivity index (χ4v) is 3.37. The topological polar surface area (TPSA) is 65.5 Å². The number of pyridine rings is 1. The van der Waals surface area contributed by atoms with E-state index in [0.29, 0.717) is 19.0 Å². The molecule has 6 heteroatoms. The number of aromatic nitrogens is 1. The van der Waals surface area contributed by atoms with Gasteiger partial charge in [0.05, 0.1) is 18.2 Å². The summed E-state index contributed by atoms with van der Waals surface area (Å²) in [4.78, 5) is 33.6. The van der Waals surface area contributed by atoms with Gasteiger partial charge in [-0.05, 0) is 37.3 Å². The SMILES string of the molecule is CCCN(CC1CC1)C(=O)CC1C(=O)NCCN1Cc1ccccn1. The van der Waals surface area contributed by atoms with Crippen LogP contribution in [0, 0.1) is 5.92 Å². The highest BCUT2D eigenvalue weighted by Gasteiger charge is 2.34. The van der Waals surface area contributed by atoms with Crippen LogP contribution in [0.15, 0.2) is 24.4 Å². The predicted molar refractivity (Wildman–Crippen MR) is 95.7 cm³/mol. The molecule has 2 heterocycles. The van der Waals surface area contributed by atoms with Gasteiger partial charge in [0.1, 0.15) is 0 Å². The minimum atomic E-state index is -0.401. The second kappa shape index (κ2) is 8.43. The second-order valence-electron chi connectivity index (χ2n) is 7.09. The largest absolute Gasteiger partial charge is 0.353 e. The summed E-state index contributed by atoms with van der Waals surface area (Å²) >= 11 is 0. The number of piperazine rings is 1. The molecule has 2 aliphatic rings. The number of carbonyl (C=O) groups excluding carboxylic acids is 2. The third-order valence-electron chi connectivity index (χ3n) is 4.92. The van der Waals surface area contributed by atoms with Gasteiger partial charge in [-0.3, -0.25) is 19.5 Å². The number of nitrogens with zero attached hydrogens (tertiary/aromatic N) is 3. The van der Waals surface area contributed by atoms with Crippen molar-refractivity contribution < 1.29 is 9.59 Å². The van der Waals surface area contributed by atoms with Gasteiger partial charge in [-0.2, -0.15) is 0 Å². The van der Waals surface area contributed by atoms with Gasteiger partial charge in [0.2, 0.25) is 11.8 Å². The number of carbonyl (C=O) groups is 2. The fraction of sp³-hybridized carbons (Fsp3) is 0.632. The van der Waals surface area contributed by atoms with Gasteiger partial charge in [-0.1, -0.05) is 13.0 Å². The van der Waals surface area contributed by atoms with Crippen molar-refractivity contribution in [1.82, 2.24) is 20.1 Å². The monoisotopic (exact) mass is 344 g/mol. The molecule has 1 aromatic rings. The van der Waals surface area contributed by atoms with E-state index < -0.39 is 6.04 Å². The van der Waals surface area contributed by atoms with Crippen LogP contribution in [0.25, 0.3) is 0 Å². The smallest absolute Gasteiger partial charge is 0.237 e. The molecule has 1 N–H and O–H groups in total. The first-order chi connectivity index (χ1) is 12.2. The van der Waals surface area contributed by atoms with Crippen molar-refractivity contribution in [1.29, 1.82) is 0 Å². The third kappa shape index (κ3) is 5.01. The standard InChI is InChI=1S/C19H28N4O2/c1-2-10-23(13-15-6-7-15)18(24)12-17-19(25)21-9-11-22(17)14-16-5-3-4-8-20-16/h3-5,8,15,17H,2,6-7,9-14H2,1H3,(H,21,25). The normalized spacial score (nSPS) is 21.0. The van der Waals surface area contributed by atoms with Crippen LogP contribution in [0.5, 0.6) is 0 Å². The Bertz CT molecular complexity index is 588. The van der Waals surface area contributed by atoms with Crippen molar-refractivity contribution in [2.45, 2.75) is 45.2 Å². The number of amides is 2. The average Bonchev–Trinajstić information content (AvgIpc) is 3.42. The number of rotatable bonds is 8. The van der Waals surface area contributed by atoms with Crippen LogP contribution in [0.2, 0.25) is 0 Å². The Hall–Kier alpha value is -1.95. The lowest BCUT2D eigenvalue weighted by Gasteiger charge is -2.35. The first-order valence-corrected chi connectivity index (χ1v) is 9.36. The van der Waals surface area contributed by atoms with E-state index in [1.54, 1.807) is 6.20 Å². The van der Waals surface area contributed by atoms with Crippen molar-refractivity contribution >= 4 is 11.8 Å². The Morgan fingerprint density at radius 1 is 1.40 bits per heavy atom. The molecule has 0 spiro atoms. The molecule has 1 aliphatic heterocycles. The highest BCUT2D eigenvalue weighted by molar-refractivity contribution is 5.88. The summed E-state index contributed by atoms with van der Waals surface area (Å²) in [6, 6.07) is 5.39. The van der Waals surface area contributed by atoms with Crippen molar-refractivity contribution in [3.05, 3.63) is 30.1 Å². The van der Waals surface area contributed by atoms with Crippen LogP contribution in [0.1, 0.15) is 38.3 Å². The molecule has 1 saturated carbocycles. The lowest BCUT2D eigenvalue weighted by Crippen LogP contribution is -2.56. The first-order valence-electron chi connectivity index (χ1n) is 9.36. The molecule has 0 radical (unpaired) electrons. The van der Waals surface area contributed by atoms with E-state index in [1.165, 1.54) is 12.8 Å².